The van der Waals surface area contributed by atoms with Gasteiger partial charge in [0, 0.05) is 23.6 Å². The third-order valence-corrected chi connectivity index (χ3v) is 10.3. The standard InChI is InChI=1S/C32H34N2O6S2/c1-5-9-31(35)33(41(37,38)25-17-13-23(3)14-18-25)29-21-22-30(28-12-8-7-11-27(28)29)34(32(36)10-6-2)42(39,40)26-19-15-24(4)16-20-26/h7-8,11-22H,5-6,9-10H2,1-4H3. The number of amides is 2. The van der Waals surface area contributed by atoms with Crippen LogP contribution < -0.4 is 8.61 Å². The molecule has 4 aromatic carbocycles. The first-order valence-corrected chi connectivity index (χ1v) is 16.6. The monoisotopic (exact) mass is 606 g/mol. The summed E-state index contributed by atoms with van der Waals surface area (Å²) in [6.07, 6.45) is 0.792. The predicted octanol–water partition coefficient (Wildman–Crippen LogP) is 6.50. The van der Waals surface area contributed by atoms with Crippen molar-refractivity contribution in [2.45, 2.75) is 63.2 Å². The van der Waals surface area contributed by atoms with E-state index in [-0.39, 0.29) is 34.0 Å². The lowest BCUT2D eigenvalue weighted by Gasteiger charge is -2.27. The number of anilines is 2. The van der Waals surface area contributed by atoms with E-state index in [9.17, 15) is 26.4 Å². The molecule has 0 aliphatic rings. The van der Waals surface area contributed by atoms with E-state index in [1.807, 2.05) is 13.8 Å². The molecule has 42 heavy (non-hydrogen) atoms. The number of carbonyl (C=O) groups excluding carboxylic acids is 2. The molecule has 0 fully saturated rings. The van der Waals surface area contributed by atoms with E-state index in [4.69, 9.17) is 0 Å². The van der Waals surface area contributed by atoms with Crippen molar-refractivity contribution in [1.82, 2.24) is 0 Å². The van der Waals surface area contributed by atoms with Crippen LogP contribution in [0.25, 0.3) is 10.8 Å². The van der Waals surface area contributed by atoms with Crippen LogP contribution in [0.2, 0.25) is 0 Å². The molecule has 0 unspecified atom stereocenters. The van der Waals surface area contributed by atoms with E-state index in [2.05, 4.69) is 0 Å². The van der Waals surface area contributed by atoms with E-state index in [1.54, 1.807) is 62.4 Å². The van der Waals surface area contributed by atoms with Gasteiger partial charge in [0.25, 0.3) is 20.0 Å². The largest absolute Gasteiger partial charge is 0.273 e. The molecule has 0 bridgehead atoms. The number of rotatable bonds is 10. The van der Waals surface area contributed by atoms with Gasteiger partial charge in [-0.1, -0.05) is 73.5 Å². The summed E-state index contributed by atoms with van der Waals surface area (Å²) in [6.45, 7) is 7.23. The van der Waals surface area contributed by atoms with Gasteiger partial charge in [0.1, 0.15) is 0 Å². The molecular weight excluding hydrogens is 572 g/mol. The highest BCUT2D eigenvalue weighted by Crippen LogP contribution is 2.39. The van der Waals surface area contributed by atoms with Crippen LogP contribution in [0.15, 0.2) is 94.7 Å². The Labute approximate surface area is 247 Å². The van der Waals surface area contributed by atoms with E-state index in [0.717, 1.165) is 19.7 Å². The summed E-state index contributed by atoms with van der Waals surface area (Å²) in [4.78, 5) is 26.8. The summed E-state index contributed by atoms with van der Waals surface area (Å²) >= 11 is 0. The van der Waals surface area contributed by atoms with Gasteiger partial charge >= 0.3 is 0 Å². The molecule has 2 amide bonds. The van der Waals surface area contributed by atoms with Gasteiger partial charge in [0.2, 0.25) is 11.8 Å². The number of aryl methyl sites for hydroxylation is 2. The smallest absolute Gasteiger partial charge is 0.270 e. The van der Waals surface area contributed by atoms with E-state index >= 15 is 0 Å². The summed E-state index contributed by atoms with van der Waals surface area (Å²) in [5.74, 6) is -1.25. The fourth-order valence-electron chi connectivity index (χ4n) is 4.68. The first kappa shape index (κ1) is 30.9. The Morgan fingerprint density at radius 3 is 1.19 bits per heavy atom. The van der Waals surface area contributed by atoms with Crippen LogP contribution in [-0.2, 0) is 29.6 Å². The minimum Gasteiger partial charge on any atom is -0.273 e. The van der Waals surface area contributed by atoms with Crippen molar-refractivity contribution < 1.29 is 26.4 Å². The van der Waals surface area contributed by atoms with Crippen LogP contribution in [-0.4, -0.2) is 28.6 Å². The highest BCUT2D eigenvalue weighted by Gasteiger charge is 2.35. The van der Waals surface area contributed by atoms with Gasteiger partial charge in [-0.15, -0.1) is 0 Å². The summed E-state index contributed by atoms with van der Waals surface area (Å²) < 4.78 is 57.3. The highest BCUT2D eigenvalue weighted by molar-refractivity contribution is 7.94. The molecule has 0 N–H and O–H groups in total. The van der Waals surface area contributed by atoms with Crippen LogP contribution in [0.1, 0.15) is 50.7 Å². The third-order valence-electron chi connectivity index (χ3n) is 6.81. The SMILES string of the molecule is CCCC(=O)N(c1ccc(N(C(=O)CCC)S(=O)(=O)c2ccc(C)cc2)c2ccccc12)S(=O)(=O)c1ccc(C)cc1. The number of hydrogen-bond acceptors (Lipinski definition) is 6. The van der Waals surface area contributed by atoms with Gasteiger partial charge in [-0.05, 0) is 63.1 Å². The minimum absolute atomic E-state index is 0.0237. The molecule has 10 heteroatoms. The van der Waals surface area contributed by atoms with Crippen molar-refractivity contribution in [3.05, 3.63) is 96.1 Å². The zero-order chi connectivity index (χ0) is 30.7. The van der Waals surface area contributed by atoms with Gasteiger partial charge in [-0.3, -0.25) is 9.59 Å². The van der Waals surface area contributed by atoms with Crippen molar-refractivity contribution >= 4 is 54.0 Å². The Hall–Kier alpha value is -4.02. The summed E-state index contributed by atoms with van der Waals surface area (Å²) in [7, 11) is -8.66. The van der Waals surface area contributed by atoms with E-state index in [0.29, 0.717) is 23.6 Å². The molecule has 0 aliphatic heterocycles. The molecular formula is C32H34N2O6S2. The molecule has 4 rings (SSSR count). The molecule has 0 heterocycles. The normalized spacial score (nSPS) is 11.8. The molecule has 0 radical (unpaired) electrons. The number of benzene rings is 4. The fourth-order valence-corrected chi connectivity index (χ4v) is 7.62. The predicted molar refractivity (Wildman–Crippen MR) is 165 cm³/mol. The number of hydrogen-bond donors (Lipinski definition) is 0. The third kappa shape index (κ3) is 5.96. The molecule has 0 atom stereocenters. The van der Waals surface area contributed by atoms with Gasteiger partial charge in [-0.2, -0.15) is 0 Å². The second-order valence-electron chi connectivity index (χ2n) is 10.1. The Bertz CT molecular complexity index is 1700. The van der Waals surface area contributed by atoms with Crippen LogP contribution >= 0.6 is 0 Å². The van der Waals surface area contributed by atoms with Crippen molar-refractivity contribution in [2.75, 3.05) is 8.61 Å². The van der Waals surface area contributed by atoms with Crippen LogP contribution in [0, 0.1) is 13.8 Å². The van der Waals surface area contributed by atoms with Gasteiger partial charge in [0.05, 0.1) is 21.2 Å². The molecule has 0 saturated carbocycles. The van der Waals surface area contributed by atoms with E-state index < -0.39 is 31.9 Å². The molecule has 0 aromatic heterocycles. The number of nitrogens with zero attached hydrogens (tertiary/aromatic N) is 2. The van der Waals surface area contributed by atoms with Crippen molar-refractivity contribution in [3.8, 4) is 0 Å². The van der Waals surface area contributed by atoms with Crippen LogP contribution in [0.4, 0.5) is 11.4 Å². The fraction of sp³-hybridized carbons (Fsp3) is 0.250. The molecule has 4 aromatic rings. The van der Waals surface area contributed by atoms with Gasteiger partial charge < -0.3 is 0 Å². The molecule has 8 nitrogen and oxygen atoms in total. The maximum atomic E-state index is 13.9. The van der Waals surface area contributed by atoms with Crippen molar-refractivity contribution in [2.24, 2.45) is 0 Å². The van der Waals surface area contributed by atoms with Gasteiger partial charge in [-0.25, -0.2) is 25.4 Å². The Morgan fingerprint density at radius 1 is 0.548 bits per heavy atom. The lowest BCUT2D eigenvalue weighted by Crippen LogP contribution is -2.38. The Balaban J connectivity index is 1.99. The average Bonchev–Trinajstić information content (AvgIpc) is 2.95. The second kappa shape index (κ2) is 12.5. The maximum Gasteiger partial charge on any atom is 0.270 e. The molecule has 220 valence electrons. The topological polar surface area (TPSA) is 109 Å². The number of carbonyl (C=O) groups is 2. The second-order valence-corrected chi connectivity index (χ2v) is 13.7. The van der Waals surface area contributed by atoms with Crippen LogP contribution in [0.3, 0.4) is 0 Å². The lowest BCUT2D eigenvalue weighted by molar-refractivity contribution is -0.118. The highest BCUT2D eigenvalue weighted by atomic mass is 32.2. The van der Waals surface area contributed by atoms with Gasteiger partial charge in [0.15, 0.2) is 0 Å². The molecule has 0 saturated heterocycles. The lowest BCUT2D eigenvalue weighted by atomic mass is 10.1. The summed E-state index contributed by atoms with van der Waals surface area (Å²) in [5.41, 5.74) is 1.87. The number of fused-ring (bicyclic) bond motifs is 1. The van der Waals surface area contributed by atoms with Crippen molar-refractivity contribution in [1.29, 1.82) is 0 Å². The Kier molecular flexibility index (Phi) is 9.18. The minimum atomic E-state index is -4.33. The molecule has 0 aliphatic carbocycles. The maximum absolute atomic E-state index is 13.9. The van der Waals surface area contributed by atoms with Crippen molar-refractivity contribution in [3.63, 3.8) is 0 Å². The first-order chi connectivity index (χ1) is 19.9. The zero-order valence-electron chi connectivity index (χ0n) is 24.1. The summed E-state index contributed by atoms with van der Waals surface area (Å²) in [6, 6.07) is 21.8. The average molecular weight is 607 g/mol. The first-order valence-electron chi connectivity index (χ1n) is 13.7. The quantitative estimate of drug-likeness (QED) is 0.204. The van der Waals surface area contributed by atoms with Crippen LogP contribution in [0.5, 0.6) is 0 Å². The Morgan fingerprint density at radius 2 is 0.881 bits per heavy atom. The zero-order valence-corrected chi connectivity index (χ0v) is 25.7. The summed E-state index contributed by atoms with van der Waals surface area (Å²) in [5, 5.41) is 0.618. The van der Waals surface area contributed by atoms with E-state index in [1.165, 1.54) is 36.4 Å². The number of sulfonamides is 2. The molecule has 0 spiro atoms.